The third-order valence-electron chi connectivity index (χ3n) is 1.65. The van der Waals surface area contributed by atoms with Gasteiger partial charge in [-0.25, -0.2) is 14.8 Å². The zero-order chi connectivity index (χ0) is 11.3. The van der Waals surface area contributed by atoms with E-state index in [1.165, 1.54) is 19.6 Å². The molecule has 7 heteroatoms. The Hall–Kier alpha value is -1.21. The van der Waals surface area contributed by atoms with Crippen LogP contribution >= 0.6 is 15.9 Å². The average Bonchev–Trinajstić information content (AvgIpc) is 2.27. The highest BCUT2D eigenvalue weighted by Crippen LogP contribution is 2.17. The monoisotopic (exact) mass is 275 g/mol. The minimum Gasteiger partial charge on any atom is -0.467 e. The van der Waals surface area contributed by atoms with Crippen LogP contribution in [0.4, 0.5) is 5.82 Å². The van der Waals surface area contributed by atoms with Crippen molar-refractivity contribution in [1.82, 2.24) is 9.97 Å². The summed E-state index contributed by atoms with van der Waals surface area (Å²) in [5.74, 6) is -0.127. The van der Waals surface area contributed by atoms with Crippen LogP contribution in [0.5, 0.6) is 0 Å². The number of halogens is 1. The summed E-state index contributed by atoms with van der Waals surface area (Å²) in [6.45, 7) is -0.372. The van der Waals surface area contributed by atoms with Crippen molar-refractivity contribution >= 4 is 27.7 Å². The van der Waals surface area contributed by atoms with Crippen molar-refractivity contribution in [3.8, 4) is 0 Å². The molecule has 2 N–H and O–H groups in total. The number of carbonyl (C=O) groups is 1. The predicted molar refractivity (Wildman–Crippen MR) is 56.2 cm³/mol. The standard InChI is InChI=1S/C8H10BrN3O3/c1-15-8(14)6(3-13)12-7-5(9)2-10-4-11-7/h2,4,6,13H,3H2,1H3,(H,10,11,12). The molecule has 1 aromatic rings. The Bertz CT molecular complexity index is 348. The van der Waals surface area contributed by atoms with E-state index in [2.05, 4.69) is 36.0 Å². The van der Waals surface area contributed by atoms with Crippen LogP contribution in [0.2, 0.25) is 0 Å². The summed E-state index contributed by atoms with van der Waals surface area (Å²) in [6, 6.07) is -0.832. The van der Waals surface area contributed by atoms with E-state index in [0.29, 0.717) is 10.3 Å². The van der Waals surface area contributed by atoms with E-state index in [-0.39, 0.29) is 6.61 Å². The number of carbonyl (C=O) groups excluding carboxylic acids is 1. The van der Waals surface area contributed by atoms with Gasteiger partial charge in [0.2, 0.25) is 0 Å². The van der Waals surface area contributed by atoms with E-state index < -0.39 is 12.0 Å². The minimum absolute atomic E-state index is 0.372. The van der Waals surface area contributed by atoms with E-state index in [1.54, 1.807) is 0 Å². The van der Waals surface area contributed by atoms with Crippen molar-refractivity contribution in [2.75, 3.05) is 19.0 Å². The highest BCUT2D eigenvalue weighted by atomic mass is 79.9. The molecule has 0 bridgehead atoms. The average molecular weight is 276 g/mol. The van der Waals surface area contributed by atoms with Crippen LogP contribution in [0.25, 0.3) is 0 Å². The largest absolute Gasteiger partial charge is 0.467 e. The normalized spacial score (nSPS) is 11.9. The number of nitrogens with one attached hydrogen (secondary N) is 1. The first kappa shape index (κ1) is 11.9. The fraction of sp³-hybridized carbons (Fsp3) is 0.375. The molecule has 0 fully saturated rings. The lowest BCUT2D eigenvalue weighted by Crippen LogP contribution is -2.34. The molecule has 1 aromatic heterocycles. The summed E-state index contributed by atoms with van der Waals surface area (Å²) in [6.07, 6.45) is 2.86. The predicted octanol–water partition coefficient (Wildman–Crippen LogP) is 0.185. The van der Waals surface area contributed by atoms with E-state index >= 15 is 0 Å². The molecule has 15 heavy (non-hydrogen) atoms. The highest BCUT2D eigenvalue weighted by molar-refractivity contribution is 9.10. The number of aromatic nitrogens is 2. The smallest absolute Gasteiger partial charge is 0.330 e. The van der Waals surface area contributed by atoms with Gasteiger partial charge >= 0.3 is 5.97 Å². The first-order valence-corrected chi connectivity index (χ1v) is 4.89. The Balaban J connectivity index is 2.75. The quantitative estimate of drug-likeness (QED) is 0.763. The number of esters is 1. The number of nitrogens with zero attached hydrogens (tertiary/aromatic N) is 2. The summed E-state index contributed by atoms with van der Waals surface area (Å²) in [5, 5.41) is 11.7. The van der Waals surface area contributed by atoms with Crippen molar-refractivity contribution in [2.24, 2.45) is 0 Å². The Labute approximate surface area is 94.8 Å². The molecule has 1 atom stereocenters. The molecule has 0 saturated heterocycles. The van der Waals surface area contributed by atoms with Gasteiger partial charge in [-0.3, -0.25) is 0 Å². The molecule has 1 rings (SSSR count). The second-order valence-electron chi connectivity index (χ2n) is 2.62. The Morgan fingerprint density at radius 1 is 1.80 bits per heavy atom. The molecule has 0 radical (unpaired) electrons. The van der Waals surface area contributed by atoms with Crippen LogP contribution in [0, 0.1) is 0 Å². The first-order chi connectivity index (χ1) is 7.19. The summed E-state index contributed by atoms with van der Waals surface area (Å²) < 4.78 is 5.10. The Morgan fingerprint density at radius 2 is 2.53 bits per heavy atom. The molecule has 0 aromatic carbocycles. The van der Waals surface area contributed by atoms with Crippen LogP contribution in [-0.2, 0) is 9.53 Å². The van der Waals surface area contributed by atoms with Gasteiger partial charge in [0.05, 0.1) is 18.2 Å². The van der Waals surface area contributed by atoms with Crippen molar-refractivity contribution in [2.45, 2.75) is 6.04 Å². The summed E-state index contributed by atoms with van der Waals surface area (Å²) in [4.78, 5) is 18.8. The zero-order valence-corrected chi connectivity index (χ0v) is 9.56. The molecule has 0 aliphatic rings. The third kappa shape index (κ3) is 3.14. The maximum Gasteiger partial charge on any atom is 0.330 e. The maximum absolute atomic E-state index is 11.2. The number of aliphatic hydroxyl groups excluding tert-OH is 1. The highest BCUT2D eigenvalue weighted by Gasteiger charge is 2.19. The van der Waals surface area contributed by atoms with Crippen LogP contribution in [-0.4, -0.2) is 40.8 Å². The van der Waals surface area contributed by atoms with Crippen LogP contribution in [0.15, 0.2) is 17.0 Å². The minimum atomic E-state index is -0.832. The topological polar surface area (TPSA) is 84.3 Å². The van der Waals surface area contributed by atoms with Crippen LogP contribution in [0.1, 0.15) is 0 Å². The lowest BCUT2D eigenvalue weighted by Gasteiger charge is -2.14. The molecule has 82 valence electrons. The van der Waals surface area contributed by atoms with E-state index in [4.69, 9.17) is 5.11 Å². The fourth-order valence-corrected chi connectivity index (χ4v) is 1.24. The molecule has 0 spiro atoms. The van der Waals surface area contributed by atoms with Gasteiger partial charge in [-0.2, -0.15) is 0 Å². The van der Waals surface area contributed by atoms with Gasteiger partial charge in [0, 0.05) is 6.20 Å². The van der Waals surface area contributed by atoms with Gasteiger partial charge in [-0.1, -0.05) is 0 Å². The molecule has 0 amide bonds. The van der Waals surface area contributed by atoms with Gasteiger partial charge < -0.3 is 15.2 Å². The van der Waals surface area contributed by atoms with Crippen LogP contribution < -0.4 is 5.32 Å². The van der Waals surface area contributed by atoms with Crippen molar-refractivity contribution in [3.63, 3.8) is 0 Å². The summed E-state index contributed by atoms with van der Waals surface area (Å²) >= 11 is 3.20. The summed E-state index contributed by atoms with van der Waals surface area (Å²) in [7, 11) is 1.25. The van der Waals surface area contributed by atoms with Crippen molar-refractivity contribution in [3.05, 3.63) is 17.0 Å². The first-order valence-electron chi connectivity index (χ1n) is 4.09. The molecule has 1 unspecified atom stereocenters. The Morgan fingerprint density at radius 3 is 3.07 bits per heavy atom. The summed E-state index contributed by atoms with van der Waals surface area (Å²) in [5.41, 5.74) is 0. The lowest BCUT2D eigenvalue weighted by atomic mass is 10.3. The molecule has 0 aliphatic carbocycles. The lowest BCUT2D eigenvalue weighted by molar-refractivity contribution is -0.142. The number of ether oxygens (including phenoxy) is 1. The molecule has 0 aliphatic heterocycles. The number of hydrogen-bond donors (Lipinski definition) is 2. The van der Waals surface area contributed by atoms with Gasteiger partial charge in [-0.05, 0) is 15.9 Å². The molecule has 1 heterocycles. The Kier molecular flexibility index (Phi) is 4.44. The van der Waals surface area contributed by atoms with Crippen molar-refractivity contribution in [1.29, 1.82) is 0 Å². The number of aliphatic hydroxyl groups is 1. The maximum atomic E-state index is 11.2. The fourth-order valence-electron chi connectivity index (χ4n) is 0.905. The van der Waals surface area contributed by atoms with Gasteiger partial charge in [0.15, 0.2) is 0 Å². The number of methoxy groups -OCH3 is 1. The number of anilines is 1. The van der Waals surface area contributed by atoms with Gasteiger partial charge in [0.1, 0.15) is 18.2 Å². The van der Waals surface area contributed by atoms with Crippen LogP contribution in [0.3, 0.4) is 0 Å². The second kappa shape index (κ2) is 5.62. The van der Waals surface area contributed by atoms with E-state index in [9.17, 15) is 4.79 Å². The zero-order valence-electron chi connectivity index (χ0n) is 7.98. The molecular formula is C8H10BrN3O3. The van der Waals surface area contributed by atoms with E-state index in [1.807, 2.05) is 0 Å². The SMILES string of the molecule is COC(=O)C(CO)Nc1ncncc1Br. The van der Waals surface area contributed by atoms with Crippen molar-refractivity contribution < 1.29 is 14.6 Å². The molecule has 0 saturated carbocycles. The molecule has 6 nitrogen and oxygen atoms in total. The molecular weight excluding hydrogens is 266 g/mol. The number of rotatable bonds is 4. The van der Waals surface area contributed by atoms with E-state index in [0.717, 1.165) is 0 Å². The van der Waals surface area contributed by atoms with Gasteiger partial charge in [-0.15, -0.1) is 0 Å². The second-order valence-corrected chi connectivity index (χ2v) is 3.48. The number of hydrogen-bond acceptors (Lipinski definition) is 6. The third-order valence-corrected chi connectivity index (χ3v) is 2.23. The van der Waals surface area contributed by atoms with Gasteiger partial charge in [0.25, 0.3) is 0 Å².